The van der Waals surface area contributed by atoms with E-state index < -0.39 is 6.29 Å². The lowest BCUT2D eigenvalue weighted by Crippen LogP contribution is -2.82. The Morgan fingerprint density at radius 3 is 2.53 bits per heavy atom. The number of ether oxygens (including phenoxy) is 1. The van der Waals surface area contributed by atoms with Crippen LogP contribution in [0.5, 0.6) is 0 Å². The summed E-state index contributed by atoms with van der Waals surface area (Å²) in [5.74, 6) is 2.23. The predicted molar refractivity (Wildman–Crippen MR) is 225 cm³/mol. The van der Waals surface area contributed by atoms with Crippen LogP contribution in [0.15, 0.2) is 70.4 Å². The maximum Gasteiger partial charge on any atom is 0.196 e. The van der Waals surface area contributed by atoms with Crippen molar-refractivity contribution in [1.82, 2.24) is 25.7 Å². The van der Waals surface area contributed by atoms with Crippen molar-refractivity contribution in [3.05, 3.63) is 82.0 Å². The molecule has 5 heterocycles. The first-order valence-electron chi connectivity index (χ1n) is 20.9. The Balaban J connectivity index is 0.866. The second-order valence-electron chi connectivity index (χ2n) is 18.6. The first-order chi connectivity index (χ1) is 27.4. The van der Waals surface area contributed by atoms with Gasteiger partial charge in [0.2, 0.25) is 0 Å². The molecule has 0 radical (unpaired) electrons. The number of hydrogen-bond donors (Lipinski definition) is 5. The molecule has 0 amide bonds. The minimum atomic E-state index is -1.80. The quantitative estimate of drug-likeness (QED) is 0.0944. The summed E-state index contributed by atoms with van der Waals surface area (Å²) in [4.78, 5) is 19.5. The Morgan fingerprint density at radius 1 is 1.02 bits per heavy atom. The van der Waals surface area contributed by atoms with E-state index in [1.54, 1.807) is 11.3 Å². The fraction of sp³-hybridized carbons (Fsp3) is 0.568. The highest BCUT2D eigenvalue weighted by atomic mass is 32.1. The smallest absolute Gasteiger partial charge is 0.196 e. The van der Waals surface area contributed by atoms with Gasteiger partial charge in [-0.05, 0) is 130 Å². The molecule has 4 saturated carbocycles. The minimum Gasteiger partial charge on any atom is -0.404 e. The van der Waals surface area contributed by atoms with Crippen molar-refractivity contribution >= 4 is 43.8 Å². The van der Waals surface area contributed by atoms with E-state index in [1.165, 1.54) is 64.2 Å². The lowest BCUT2D eigenvalue weighted by Gasteiger charge is -2.82. The SMILES string of the molecule is CC(=NCC12CC3(C)CC4(OCCN5CCCC5)CC(C)(C1)C34C2)/C(=C\N)c1ccc(N2CCCC3=C2NNC([N-]c2nc4ccccc4s2)=C3C)nc1C(O)O. The number of aliphatic hydroxyl groups excluding tert-OH is 1. The van der Waals surface area contributed by atoms with Gasteiger partial charge >= 0.3 is 0 Å². The largest absolute Gasteiger partial charge is 0.404 e. The highest BCUT2D eigenvalue weighted by molar-refractivity contribution is 7.22. The van der Waals surface area contributed by atoms with Gasteiger partial charge in [-0.25, -0.2) is 4.98 Å². The predicted octanol–water partition coefficient (Wildman–Crippen LogP) is 7.13. The third kappa shape index (κ3) is 5.48. The zero-order valence-electron chi connectivity index (χ0n) is 33.7. The lowest BCUT2D eigenvalue weighted by molar-refractivity contribution is -0.397. The second kappa shape index (κ2) is 13.3. The number of aromatic nitrogens is 2. The van der Waals surface area contributed by atoms with Crippen LogP contribution in [0.4, 0.5) is 10.9 Å². The fourth-order valence-electron chi connectivity index (χ4n) is 13.6. The summed E-state index contributed by atoms with van der Waals surface area (Å²) >= 11 is 1.56. The number of hydrogen-bond acceptors (Lipinski definition) is 12. The monoisotopic (exact) mass is 790 g/mol. The molecule has 12 nitrogen and oxygen atoms in total. The van der Waals surface area contributed by atoms with Crippen molar-refractivity contribution in [3.63, 3.8) is 0 Å². The molecule has 57 heavy (non-hydrogen) atoms. The van der Waals surface area contributed by atoms with Crippen LogP contribution in [0, 0.1) is 21.7 Å². The zero-order chi connectivity index (χ0) is 39.4. The van der Waals surface area contributed by atoms with Gasteiger partial charge in [-0.3, -0.25) is 4.99 Å². The van der Waals surface area contributed by atoms with Crippen LogP contribution in [0.1, 0.15) is 103 Å². The number of anilines is 1. The number of thiazole rings is 1. The van der Waals surface area contributed by atoms with Crippen molar-refractivity contribution < 1.29 is 14.9 Å². The van der Waals surface area contributed by atoms with Gasteiger partial charge in [0.15, 0.2) is 6.29 Å². The summed E-state index contributed by atoms with van der Waals surface area (Å²) in [6.45, 7) is 14.9. The van der Waals surface area contributed by atoms with E-state index in [9.17, 15) is 10.2 Å². The third-order valence-electron chi connectivity index (χ3n) is 15.2. The molecule has 1 aromatic carbocycles. The van der Waals surface area contributed by atoms with Crippen molar-refractivity contribution in [2.45, 2.75) is 97.4 Å². The van der Waals surface area contributed by atoms with E-state index >= 15 is 0 Å². The van der Waals surface area contributed by atoms with Crippen LogP contribution in [0.2, 0.25) is 0 Å². The highest BCUT2D eigenvalue weighted by Gasteiger charge is 2.93. The number of likely N-dealkylation sites (tertiary alicyclic amines) is 1. The molecule has 13 heteroatoms. The molecule has 3 aliphatic heterocycles. The van der Waals surface area contributed by atoms with E-state index in [4.69, 9.17) is 30.7 Å². The van der Waals surface area contributed by atoms with Gasteiger partial charge < -0.3 is 51.6 Å². The van der Waals surface area contributed by atoms with Crippen LogP contribution in [-0.2, 0) is 4.74 Å². The molecule has 302 valence electrons. The summed E-state index contributed by atoms with van der Waals surface area (Å²) in [5, 5.41) is 27.0. The third-order valence-corrected chi connectivity index (χ3v) is 16.2. The Kier molecular flexibility index (Phi) is 8.67. The first-order valence-corrected chi connectivity index (χ1v) is 21.7. The van der Waals surface area contributed by atoms with Gasteiger partial charge in [0, 0.05) is 64.1 Å². The second-order valence-corrected chi connectivity index (χ2v) is 19.7. The molecule has 3 aromatic rings. The van der Waals surface area contributed by atoms with Gasteiger partial charge in [0.1, 0.15) is 17.3 Å². The number of aliphatic imine (C=N–C) groups is 1. The molecule has 5 fully saturated rings. The molecular weight excluding hydrogens is 735 g/mol. The van der Waals surface area contributed by atoms with E-state index in [-0.39, 0.29) is 22.1 Å². The van der Waals surface area contributed by atoms with E-state index in [0.29, 0.717) is 39.5 Å². The van der Waals surface area contributed by atoms with Crippen molar-refractivity contribution in [2.75, 3.05) is 44.2 Å². The standard InChI is InChI=1S/C44H56N9O3S/c1-27-29-10-9-17-53(37(29)51-50-36(27)49-39-47-32-11-5-6-12-33(32)57-39)34-14-13-30(35(48-34)38(54)55)31(20-45)28(2)46-26-42-21-40(3)23-43(56-19-18-52-15-7-8-16-52)24-41(4,22-42)44(40,43)25-42/h5-6,11-14,20,38,50-51,54-55H,7-10,15-19,21-26,45H2,1-4H3/q-1/b31-20+,46-28?. The maximum absolute atomic E-state index is 10.7. The Bertz CT molecular complexity index is 2200. The number of rotatable bonds is 12. The highest BCUT2D eigenvalue weighted by Crippen LogP contribution is 2.95. The van der Waals surface area contributed by atoms with Gasteiger partial charge in [-0.1, -0.05) is 32.0 Å². The molecule has 7 aliphatic rings. The molecule has 1 spiro atoms. The number of allylic oxidation sites excluding steroid dienone is 3. The number of hydrazine groups is 1. The van der Waals surface area contributed by atoms with Gasteiger partial charge in [0.25, 0.3) is 0 Å². The van der Waals surface area contributed by atoms with E-state index in [2.05, 4.69) is 47.5 Å². The Morgan fingerprint density at radius 2 is 1.79 bits per heavy atom. The average Bonchev–Trinajstić information content (AvgIpc) is 3.95. The summed E-state index contributed by atoms with van der Waals surface area (Å²) in [5.41, 5.74) is 19.3. The molecule has 2 atom stereocenters. The number of fused-ring (bicyclic) bond motifs is 2. The molecule has 2 bridgehead atoms. The zero-order valence-corrected chi connectivity index (χ0v) is 34.5. The summed E-state index contributed by atoms with van der Waals surface area (Å²) in [7, 11) is 0. The summed E-state index contributed by atoms with van der Waals surface area (Å²) in [6.07, 6.45) is 10.0. The number of aliphatic hydroxyl groups is 2. The normalized spacial score (nSPS) is 33.4. The van der Waals surface area contributed by atoms with Crippen LogP contribution in [0.3, 0.4) is 0 Å². The number of pyridine rings is 1. The van der Waals surface area contributed by atoms with Crippen LogP contribution in [0.25, 0.3) is 21.1 Å². The number of nitrogens with two attached hydrogens (primary N) is 1. The number of para-hydroxylation sites is 1. The van der Waals surface area contributed by atoms with Crippen molar-refractivity contribution in [1.29, 1.82) is 0 Å². The van der Waals surface area contributed by atoms with Gasteiger partial charge in [-0.2, -0.15) is 0 Å². The van der Waals surface area contributed by atoms with Crippen LogP contribution in [-0.4, -0.2) is 75.7 Å². The fourth-order valence-corrected chi connectivity index (χ4v) is 14.4. The van der Waals surface area contributed by atoms with Crippen molar-refractivity contribution in [3.8, 4) is 0 Å². The molecular formula is C44H56N9O3S-. The number of nitrogens with zero attached hydrogens (tertiary/aromatic N) is 6. The topological polar surface area (TPSA) is 158 Å². The number of benzene rings is 1. The average molecular weight is 791 g/mol. The summed E-state index contributed by atoms with van der Waals surface area (Å²) in [6, 6.07) is 11.9. The molecule has 4 aliphatic carbocycles. The van der Waals surface area contributed by atoms with E-state index in [0.717, 1.165) is 71.3 Å². The molecule has 2 unspecified atom stereocenters. The van der Waals surface area contributed by atoms with E-state index in [1.807, 2.05) is 37.3 Å². The molecule has 6 N–H and O–H groups in total. The van der Waals surface area contributed by atoms with Crippen LogP contribution >= 0.6 is 11.3 Å². The summed E-state index contributed by atoms with van der Waals surface area (Å²) < 4.78 is 8.02. The van der Waals surface area contributed by atoms with Gasteiger partial charge in [0.05, 0.1) is 17.3 Å². The van der Waals surface area contributed by atoms with Crippen molar-refractivity contribution in [2.24, 2.45) is 32.4 Å². The maximum atomic E-state index is 10.7. The Hall–Kier alpha value is -4.01. The molecule has 2 aromatic heterocycles. The van der Waals surface area contributed by atoms with Gasteiger partial charge in [-0.15, -0.1) is 11.3 Å². The number of nitrogens with one attached hydrogen (secondary N) is 2. The van der Waals surface area contributed by atoms with Crippen LogP contribution < -0.4 is 21.5 Å². The Labute approximate surface area is 339 Å². The molecule has 1 saturated heterocycles. The first kappa shape index (κ1) is 37.3. The minimum absolute atomic E-state index is 0.0350. The lowest BCUT2D eigenvalue weighted by atomic mass is 9.25. The molecule has 10 rings (SSSR count).